The van der Waals surface area contributed by atoms with E-state index in [1.807, 2.05) is 16.9 Å². The summed E-state index contributed by atoms with van der Waals surface area (Å²) in [5.74, 6) is -2.81. The van der Waals surface area contributed by atoms with Gasteiger partial charge in [-0.1, -0.05) is 19.6 Å². The fourth-order valence-corrected chi connectivity index (χ4v) is 6.35. The first-order chi connectivity index (χ1) is 24.1. The summed E-state index contributed by atoms with van der Waals surface area (Å²) in [6.45, 7) is 12.6. The van der Waals surface area contributed by atoms with Crippen molar-refractivity contribution in [2.45, 2.75) is 84.4 Å². The highest BCUT2D eigenvalue weighted by Gasteiger charge is 2.64. The number of ether oxygens (including phenoxy) is 4. The molecule has 0 saturated carbocycles. The predicted octanol–water partition coefficient (Wildman–Crippen LogP) is 6.27. The minimum absolute atomic E-state index is 0.0245. The largest absolute Gasteiger partial charge is 0.496 e. The maximum Gasteiger partial charge on any atom is 0.429 e. The molecule has 2 amide bonds. The van der Waals surface area contributed by atoms with Crippen LogP contribution in [0, 0.1) is 18.3 Å². The lowest BCUT2D eigenvalue weighted by atomic mass is 9.86. The third-order valence-corrected chi connectivity index (χ3v) is 9.60. The van der Waals surface area contributed by atoms with Crippen LogP contribution in [0.25, 0.3) is 21.9 Å². The van der Waals surface area contributed by atoms with Crippen LogP contribution >= 0.6 is 0 Å². The van der Waals surface area contributed by atoms with Crippen molar-refractivity contribution in [3.63, 3.8) is 0 Å². The Hall–Kier alpha value is -4.92. The van der Waals surface area contributed by atoms with Crippen molar-refractivity contribution in [1.29, 1.82) is 5.26 Å². The first-order valence-corrected chi connectivity index (χ1v) is 20.0. The molecule has 0 aliphatic rings. The number of imidazole rings is 1. The number of aryl methyl sites for hydroxylation is 1. The van der Waals surface area contributed by atoms with Crippen LogP contribution in [0.4, 0.5) is 18.0 Å². The zero-order valence-corrected chi connectivity index (χ0v) is 31.6. The number of hydrogen-bond acceptors (Lipinski definition) is 9. The maximum absolute atomic E-state index is 16.4. The molecule has 2 aromatic carbocycles. The van der Waals surface area contributed by atoms with Crippen LogP contribution < -0.4 is 15.6 Å². The summed E-state index contributed by atoms with van der Waals surface area (Å²) >= 11 is 0. The molecule has 0 saturated heterocycles. The van der Waals surface area contributed by atoms with E-state index in [1.54, 1.807) is 27.7 Å². The van der Waals surface area contributed by atoms with Crippen LogP contribution in [-0.2, 0) is 36.1 Å². The van der Waals surface area contributed by atoms with Gasteiger partial charge in [-0.25, -0.2) is 9.78 Å². The number of carbonyl (C=O) groups is 3. The minimum atomic E-state index is -5.39. The number of fused-ring (bicyclic) bond motifs is 2. The number of nitriles is 1. The molecule has 1 unspecified atom stereocenters. The number of aromatic nitrogens is 3. The van der Waals surface area contributed by atoms with Crippen molar-refractivity contribution in [3.05, 3.63) is 59.0 Å². The number of amides is 2. The zero-order valence-electron chi connectivity index (χ0n) is 30.6. The monoisotopic (exact) mass is 744 g/mol. The molecule has 2 aromatic heterocycles. The third-order valence-electron chi connectivity index (χ3n) is 7.89. The number of halogens is 3. The standard InChI is InChI=1S/C35H43F3N6O7Si/c1-21-16-27(48-6)29(24-12-13-43(30(21)24)32(47)51-33(3,4)5)34(35(36,37)38,50-19-28(46)42-41-22(2)45)31-40-25-17-23(18-39)10-11-26(25)44(31)20-49-14-15-52(7,8)9/h10-13,16-17H,14-15,19-20H2,1-9H3,(H,41,45)(H,42,46). The predicted molar refractivity (Wildman–Crippen MR) is 188 cm³/mol. The van der Waals surface area contributed by atoms with Crippen molar-refractivity contribution in [2.75, 3.05) is 20.3 Å². The van der Waals surface area contributed by atoms with E-state index in [-0.39, 0.29) is 39.9 Å². The van der Waals surface area contributed by atoms with Gasteiger partial charge in [0.25, 0.3) is 11.5 Å². The number of nitrogens with one attached hydrogen (secondary N) is 2. The molecule has 52 heavy (non-hydrogen) atoms. The number of nitrogens with zero attached hydrogens (tertiary/aromatic N) is 4. The Morgan fingerprint density at radius 1 is 1.06 bits per heavy atom. The first kappa shape index (κ1) is 39.9. The number of carbonyl (C=O) groups excluding carboxylic acids is 3. The fraction of sp³-hybridized carbons (Fsp3) is 0.457. The summed E-state index contributed by atoms with van der Waals surface area (Å²) in [6.07, 6.45) is -4.96. The number of rotatable bonds is 11. The summed E-state index contributed by atoms with van der Waals surface area (Å²) in [5, 5.41) is 9.50. The van der Waals surface area contributed by atoms with Crippen molar-refractivity contribution in [2.24, 2.45) is 0 Å². The van der Waals surface area contributed by atoms with E-state index < -0.39 is 68.1 Å². The highest BCUT2D eigenvalue weighted by atomic mass is 28.3. The van der Waals surface area contributed by atoms with Crippen LogP contribution in [-0.4, -0.2) is 72.2 Å². The molecule has 0 aliphatic heterocycles. The van der Waals surface area contributed by atoms with Gasteiger partial charge >= 0.3 is 12.3 Å². The smallest absolute Gasteiger partial charge is 0.429 e. The van der Waals surface area contributed by atoms with Gasteiger partial charge in [0.1, 0.15) is 24.7 Å². The summed E-state index contributed by atoms with van der Waals surface area (Å²) in [6, 6.07) is 9.54. The fourth-order valence-electron chi connectivity index (χ4n) is 5.59. The molecule has 4 rings (SSSR count). The van der Waals surface area contributed by atoms with E-state index in [4.69, 9.17) is 18.9 Å². The molecular formula is C35H43F3N6O7Si. The highest BCUT2D eigenvalue weighted by molar-refractivity contribution is 6.76. The van der Waals surface area contributed by atoms with Crippen molar-refractivity contribution >= 4 is 47.9 Å². The van der Waals surface area contributed by atoms with Crippen LogP contribution in [0.1, 0.15) is 50.2 Å². The lowest BCUT2D eigenvalue weighted by molar-refractivity contribution is -0.269. The van der Waals surface area contributed by atoms with E-state index in [1.165, 1.54) is 48.2 Å². The van der Waals surface area contributed by atoms with Crippen LogP contribution in [0.2, 0.25) is 25.7 Å². The van der Waals surface area contributed by atoms with Gasteiger partial charge in [-0.2, -0.15) is 18.4 Å². The molecule has 17 heteroatoms. The van der Waals surface area contributed by atoms with E-state index in [0.29, 0.717) is 11.6 Å². The second-order valence-corrected chi connectivity index (χ2v) is 20.0. The molecule has 0 radical (unpaired) electrons. The molecular weight excluding hydrogens is 702 g/mol. The molecule has 4 aromatic rings. The average Bonchev–Trinajstić information content (AvgIpc) is 3.63. The second kappa shape index (κ2) is 15.0. The number of hydrogen-bond donors (Lipinski definition) is 2. The Morgan fingerprint density at radius 2 is 1.75 bits per heavy atom. The third kappa shape index (κ3) is 8.40. The summed E-state index contributed by atoms with van der Waals surface area (Å²) in [5.41, 5.74) is -0.288. The lowest BCUT2D eigenvalue weighted by Crippen LogP contribution is -2.51. The number of alkyl halides is 3. The number of methoxy groups -OCH3 is 1. The van der Waals surface area contributed by atoms with Crippen molar-refractivity contribution < 1.29 is 46.5 Å². The van der Waals surface area contributed by atoms with Gasteiger partial charge in [-0.3, -0.25) is 25.0 Å². The van der Waals surface area contributed by atoms with Gasteiger partial charge < -0.3 is 23.5 Å². The van der Waals surface area contributed by atoms with Crippen molar-refractivity contribution in [3.8, 4) is 11.8 Å². The van der Waals surface area contributed by atoms with Crippen LogP contribution in [0.15, 0.2) is 36.5 Å². The Bertz CT molecular complexity index is 2040. The molecule has 0 spiro atoms. The Labute approximate surface area is 299 Å². The van der Waals surface area contributed by atoms with Gasteiger partial charge in [-0.15, -0.1) is 0 Å². The normalized spacial score (nSPS) is 13.4. The first-order valence-electron chi connectivity index (χ1n) is 16.3. The highest BCUT2D eigenvalue weighted by Crippen LogP contribution is 2.53. The van der Waals surface area contributed by atoms with Gasteiger partial charge in [0, 0.05) is 33.2 Å². The van der Waals surface area contributed by atoms with E-state index in [2.05, 4.69) is 24.6 Å². The Kier molecular flexibility index (Phi) is 11.5. The summed E-state index contributed by atoms with van der Waals surface area (Å²) in [7, 11) is -0.430. The zero-order chi connectivity index (χ0) is 38.8. The van der Waals surface area contributed by atoms with Gasteiger partial charge in [0.05, 0.1) is 40.9 Å². The summed E-state index contributed by atoms with van der Waals surface area (Å²) in [4.78, 5) is 42.2. The van der Waals surface area contributed by atoms with Crippen LogP contribution in [0.5, 0.6) is 5.75 Å². The quantitative estimate of drug-likeness (QED) is 0.103. The van der Waals surface area contributed by atoms with Crippen LogP contribution in [0.3, 0.4) is 0 Å². The Balaban J connectivity index is 2.13. The number of benzene rings is 2. The Morgan fingerprint density at radius 3 is 2.33 bits per heavy atom. The summed E-state index contributed by atoms with van der Waals surface area (Å²) < 4.78 is 74.5. The van der Waals surface area contributed by atoms with Gasteiger partial charge in [0.15, 0.2) is 5.82 Å². The maximum atomic E-state index is 16.4. The lowest BCUT2D eigenvalue weighted by Gasteiger charge is -2.37. The molecule has 1 atom stereocenters. The molecule has 0 bridgehead atoms. The second-order valence-electron chi connectivity index (χ2n) is 14.4. The molecule has 2 heterocycles. The van der Waals surface area contributed by atoms with Gasteiger partial charge in [-0.05, 0) is 69.6 Å². The molecule has 0 aliphatic carbocycles. The van der Waals surface area contributed by atoms with Crippen molar-refractivity contribution in [1.82, 2.24) is 25.0 Å². The topological polar surface area (TPSA) is 159 Å². The molecule has 0 fully saturated rings. The van der Waals surface area contributed by atoms with Gasteiger partial charge in [0.2, 0.25) is 5.91 Å². The van der Waals surface area contributed by atoms with E-state index >= 15 is 13.2 Å². The van der Waals surface area contributed by atoms with E-state index in [0.717, 1.165) is 11.5 Å². The molecule has 13 nitrogen and oxygen atoms in total. The average molecular weight is 745 g/mol. The molecule has 2 N–H and O–H groups in total. The number of hydrazine groups is 1. The SMILES string of the molecule is COc1cc(C)c2c(ccn2C(=O)OC(C)(C)C)c1C(OCC(=O)NNC(C)=O)(c1nc2cc(C#N)ccc2n1COCC[Si](C)(C)C)C(F)(F)F. The molecule has 280 valence electrons. The van der Waals surface area contributed by atoms with E-state index in [9.17, 15) is 19.6 Å². The minimum Gasteiger partial charge on any atom is -0.496 e.